The first-order chi connectivity index (χ1) is 18.0. The Balaban J connectivity index is 1.57. The fourth-order valence-corrected chi connectivity index (χ4v) is 4.03. The van der Waals surface area contributed by atoms with Gasteiger partial charge in [0, 0.05) is 17.6 Å². The highest BCUT2D eigenvalue weighted by Crippen LogP contribution is 2.36. The number of benzene rings is 3. The van der Waals surface area contributed by atoms with Crippen LogP contribution < -0.4 is 14.8 Å². The van der Waals surface area contributed by atoms with Crippen LogP contribution in [0.3, 0.4) is 0 Å². The van der Waals surface area contributed by atoms with E-state index in [0.29, 0.717) is 35.8 Å². The van der Waals surface area contributed by atoms with Crippen molar-refractivity contribution >= 4 is 5.97 Å². The Bertz CT molecular complexity index is 1250. The third-order valence-electron chi connectivity index (χ3n) is 6.22. The monoisotopic (exact) mass is 525 g/mol. The fourth-order valence-electron chi connectivity index (χ4n) is 4.03. The van der Waals surface area contributed by atoms with Crippen molar-refractivity contribution in [3.8, 4) is 17.2 Å². The lowest BCUT2D eigenvalue weighted by Gasteiger charge is -2.28. The van der Waals surface area contributed by atoms with Gasteiger partial charge in [-0.3, -0.25) is 0 Å². The van der Waals surface area contributed by atoms with Gasteiger partial charge < -0.3 is 29.7 Å². The molecule has 3 aromatic carbocycles. The molecule has 0 saturated heterocycles. The molecule has 0 fully saturated rings. The predicted molar refractivity (Wildman–Crippen MR) is 144 cm³/mol. The number of ether oxygens (including phenoxy) is 3. The summed E-state index contributed by atoms with van der Waals surface area (Å²) >= 11 is 0. The van der Waals surface area contributed by atoms with E-state index in [2.05, 4.69) is 5.32 Å². The summed E-state index contributed by atoms with van der Waals surface area (Å²) in [4.78, 5) is 11.3. The van der Waals surface area contributed by atoms with Crippen LogP contribution in [0.4, 0.5) is 4.39 Å². The molecule has 38 heavy (non-hydrogen) atoms. The number of carboxylic acid groups (broad SMARTS) is 1. The van der Waals surface area contributed by atoms with Crippen molar-refractivity contribution in [2.24, 2.45) is 0 Å². The standard InChI is InChI=1S/C30H36FNO6/c1-19-10-11-21(14-25(19)31)16-30(3,4)32-17-23(33)18-37-20(2)24-8-6-7-9-26(24)38-27-13-12-22(29(34)35)15-28(27)36-5/h6-15,20,23,32-33H,16-18H2,1-5H3,(H,34,35)/t20?,23-/m1/s1. The Morgan fingerprint density at radius 3 is 2.47 bits per heavy atom. The van der Waals surface area contributed by atoms with Gasteiger partial charge in [-0.05, 0) is 75.6 Å². The lowest BCUT2D eigenvalue weighted by molar-refractivity contribution is -0.00482. The molecule has 3 rings (SSSR count). The van der Waals surface area contributed by atoms with Crippen LogP contribution >= 0.6 is 0 Å². The molecule has 0 aliphatic carbocycles. The molecule has 204 valence electrons. The minimum absolute atomic E-state index is 0.0916. The number of hydrogen-bond donors (Lipinski definition) is 3. The summed E-state index contributed by atoms with van der Waals surface area (Å²) in [6.07, 6.45) is -0.549. The summed E-state index contributed by atoms with van der Waals surface area (Å²) in [5.41, 5.74) is 2.00. The molecule has 0 aromatic heterocycles. The van der Waals surface area contributed by atoms with Crippen LogP contribution in [0.25, 0.3) is 0 Å². The third kappa shape index (κ3) is 8.02. The van der Waals surface area contributed by atoms with Crippen molar-refractivity contribution in [3.63, 3.8) is 0 Å². The fraction of sp³-hybridized carbons (Fsp3) is 0.367. The van der Waals surface area contributed by atoms with Crippen LogP contribution in [0.15, 0.2) is 60.7 Å². The molecule has 0 aliphatic heterocycles. The topological polar surface area (TPSA) is 97.3 Å². The Kier molecular flexibility index (Phi) is 9.85. The lowest BCUT2D eigenvalue weighted by Crippen LogP contribution is -2.46. The third-order valence-corrected chi connectivity index (χ3v) is 6.22. The van der Waals surface area contributed by atoms with Gasteiger partial charge in [0.05, 0.1) is 31.5 Å². The van der Waals surface area contributed by atoms with Crippen LogP contribution in [0, 0.1) is 12.7 Å². The number of carboxylic acids is 1. The number of nitrogens with one attached hydrogen (secondary N) is 1. The van der Waals surface area contributed by atoms with Crippen LogP contribution in [0.2, 0.25) is 0 Å². The molecule has 3 aromatic rings. The van der Waals surface area contributed by atoms with Gasteiger partial charge in [-0.15, -0.1) is 0 Å². The summed E-state index contributed by atoms with van der Waals surface area (Å²) in [6.45, 7) is 8.01. The summed E-state index contributed by atoms with van der Waals surface area (Å²) in [6, 6.07) is 17.0. The molecule has 0 heterocycles. The maximum Gasteiger partial charge on any atom is 0.335 e. The van der Waals surface area contributed by atoms with Gasteiger partial charge in [0.2, 0.25) is 0 Å². The Morgan fingerprint density at radius 1 is 1.05 bits per heavy atom. The minimum Gasteiger partial charge on any atom is -0.493 e. The Labute approximate surface area is 223 Å². The van der Waals surface area contributed by atoms with Crippen molar-refractivity contribution < 1.29 is 33.6 Å². The molecule has 3 N–H and O–H groups in total. The number of carbonyl (C=O) groups is 1. The minimum atomic E-state index is -1.06. The molecule has 8 heteroatoms. The van der Waals surface area contributed by atoms with Gasteiger partial charge in [-0.1, -0.05) is 30.3 Å². The second kappa shape index (κ2) is 12.9. The SMILES string of the molecule is COc1cc(C(=O)O)ccc1Oc1ccccc1C(C)OC[C@H](O)CNC(C)(C)Cc1ccc(C)c(F)c1. The van der Waals surface area contributed by atoms with E-state index in [4.69, 9.17) is 14.2 Å². The molecule has 0 spiro atoms. The normalized spacial score (nSPS) is 13.1. The Morgan fingerprint density at radius 2 is 1.79 bits per heavy atom. The van der Waals surface area contributed by atoms with Gasteiger partial charge in [-0.2, -0.15) is 0 Å². The molecule has 0 bridgehead atoms. The van der Waals surface area contributed by atoms with Crippen LogP contribution in [0.5, 0.6) is 17.2 Å². The van der Waals surface area contributed by atoms with Crippen LogP contribution in [-0.2, 0) is 11.2 Å². The van der Waals surface area contributed by atoms with Crippen molar-refractivity contribution in [1.82, 2.24) is 5.32 Å². The number of para-hydroxylation sites is 1. The summed E-state index contributed by atoms with van der Waals surface area (Å²) in [5.74, 6) is -0.0817. The number of methoxy groups -OCH3 is 1. The number of hydrogen-bond acceptors (Lipinski definition) is 6. The van der Waals surface area contributed by atoms with E-state index in [1.807, 2.05) is 45.0 Å². The molecular formula is C30H36FNO6. The number of halogens is 1. The predicted octanol–water partition coefficient (Wildman–Crippen LogP) is 5.68. The van der Waals surface area contributed by atoms with Crippen LogP contribution in [-0.4, -0.2) is 48.1 Å². The summed E-state index contributed by atoms with van der Waals surface area (Å²) < 4.78 is 31.2. The van der Waals surface area contributed by atoms with Crippen molar-refractivity contribution in [3.05, 3.63) is 88.7 Å². The highest BCUT2D eigenvalue weighted by Gasteiger charge is 2.21. The highest BCUT2D eigenvalue weighted by atomic mass is 19.1. The maximum absolute atomic E-state index is 13.9. The van der Waals surface area contributed by atoms with E-state index < -0.39 is 18.2 Å². The molecule has 7 nitrogen and oxygen atoms in total. The average molecular weight is 526 g/mol. The number of aliphatic hydroxyl groups excluding tert-OH is 1. The molecule has 1 unspecified atom stereocenters. The zero-order valence-electron chi connectivity index (χ0n) is 22.5. The van der Waals surface area contributed by atoms with E-state index in [-0.39, 0.29) is 23.5 Å². The first-order valence-electron chi connectivity index (χ1n) is 12.5. The smallest absolute Gasteiger partial charge is 0.335 e. The van der Waals surface area contributed by atoms with Gasteiger partial charge >= 0.3 is 5.97 Å². The lowest BCUT2D eigenvalue weighted by atomic mass is 9.94. The molecule has 0 radical (unpaired) electrons. The van der Waals surface area contributed by atoms with Gasteiger partial charge in [0.25, 0.3) is 0 Å². The largest absolute Gasteiger partial charge is 0.493 e. The van der Waals surface area contributed by atoms with Gasteiger partial charge in [0.1, 0.15) is 11.6 Å². The van der Waals surface area contributed by atoms with E-state index in [9.17, 15) is 19.4 Å². The maximum atomic E-state index is 13.9. The second-order valence-corrected chi connectivity index (χ2v) is 9.97. The van der Waals surface area contributed by atoms with Gasteiger partial charge in [0.15, 0.2) is 11.5 Å². The Hall–Kier alpha value is -3.46. The summed E-state index contributed by atoms with van der Waals surface area (Å²) in [5, 5.41) is 23.1. The van der Waals surface area contributed by atoms with Crippen molar-refractivity contribution in [2.75, 3.05) is 20.3 Å². The highest BCUT2D eigenvalue weighted by molar-refractivity contribution is 5.88. The van der Waals surface area contributed by atoms with E-state index in [1.165, 1.54) is 19.2 Å². The molecule has 0 aliphatic rings. The van der Waals surface area contributed by atoms with E-state index in [1.54, 1.807) is 31.2 Å². The van der Waals surface area contributed by atoms with Gasteiger partial charge in [-0.25, -0.2) is 9.18 Å². The van der Waals surface area contributed by atoms with Crippen LogP contribution in [0.1, 0.15) is 53.9 Å². The number of aromatic carboxylic acids is 1. The molecule has 2 atom stereocenters. The molecular weight excluding hydrogens is 489 g/mol. The summed E-state index contributed by atoms with van der Waals surface area (Å²) in [7, 11) is 1.45. The number of aliphatic hydroxyl groups is 1. The first-order valence-corrected chi connectivity index (χ1v) is 12.5. The number of aryl methyl sites for hydroxylation is 1. The van der Waals surface area contributed by atoms with Crippen molar-refractivity contribution in [2.45, 2.75) is 51.9 Å². The quantitative estimate of drug-likeness (QED) is 0.264. The second-order valence-electron chi connectivity index (χ2n) is 9.97. The molecule has 0 amide bonds. The molecule has 0 saturated carbocycles. The van der Waals surface area contributed by atoms with E-state index >= 15 is 0 Å². The van der Waals surface area contributed by atoms with E-state index in [0.717, 1.165) is 11.1 Å². The number of rotatable bonds is 13. The van der Waals surface area contributed by atoms with Crippen molar-refractivity contribution in [1.29, 1.82) is 0 Å². The number of β-amino-alcohol motifs (C(OH)–C–C–N with tert-alkyl or cyclic N) is 1. The first kappa shape index (κ1) is 29.1. The average Bonchev–Trinajstić information content (AvgIpc) is 2.88. The zero-order valence-corrected chi connectivity index (χ0v) is 22.5. The zero-order chi connectivity index (χ0) is 27.9.